The average Bonchev–Trinajstić information content (AvgIpc) is 2.82. The zero-order valence-corrected chi connectivity index (χ0v) is 15.5. The third kappa shape index (κ3) is 3.47. The van der Waals surface area contributed by atoms with Crippen LogP contribution in [0.5, 0.6) is 0 Å². The van der Waals surface area contributed by atoms with Gasteiger partial charge in [0.1, 0.15) is 5.82 Å². The van der Waals surface area contributed by atoms with Gasteiger partial charge < -0.3 is 21.3 Å². The highest BCUT2D eigenvalue weighted by Gasteiger charge is 2.37. The molecule has 1 aromatic heterocycles. The lowest BCUT2D eigenvalue weighted by molar-refractivity contribution is 0.463. The number of hydrogen-bond acceptors (Lipinski definition) is 6. The first-order chi connectivity index (χ1) is 12.2. The predicted octanol–water partition coefficient (Wildman–Crippen LogP) is 2.18. The maximum atomic E-state index is 6.36. The molecule has 0 radical (unpaired) electrons. The Hall–Kier alpha value is -1.40. The maximum absolute atomic E-state index is 6.36. The second-order valence-corrected chi connectivity index (χ2v) is 8.17. The fourth-order valence-corrected chi connectivity index (χ4v) is 4.53. The summed E-state index contributed by atoms with van der Waals surface area (Å²) in [5, 5.41) is 7.11. The Labute approximate surface area is 151 Å². The molecule has 4 N–H and O–H groups in total. The monoisotopic (exact) mass is 344 g/mol. The summed E-state index contributed by atoms with van der Waals surface area (Å²) >= 11 is 0. The molecule has 4 rings (SSSR count). The first-order valence-electron chi connectivity index (χ1n) is 10.0. The Morgan fingerprint density at radius 2 is 1.96 bits per heavy atom. The minimum absolute atomic E-state index is 0.0861. The Kier molecular flexibility index (Phi) is 4.82. The number of fused-ring (bicyclic) bond motifs is 1. The molecule has 3 heterocycles. The molecule has 1 saturated carbocycles. The van der Waals surface area contributed by atoms with Gasteiger partial charge in [-0.05, 0) is 39.0 Å². The van der Waals surface area contributed by atoms with Crippen molar-refractivity contribution in [2.45, 2.75) is 76.4 Å². The largest absolute Gasteiger partial charge is 0.356 e. The fraction of sp³-hybridized carbons (Fsp3) is 0.789. The van der Waals surface area contributed by atoms with Crippen LogP contribution >= 0.6 is 0 Å². The van der Waals surface area contributed by atoms with Gasteiger partial charge in [-0.1, -0.05) is 12.8 Å². The third-order valence-electron chi connectivity index (χ3n) is 6.24. The summed E-state index contributed by atoms with van der Waals surface area (Å²) in [5.41, 5.74) is 8.79. The molecule has 0 aromatic carbocycles. The van der Waals surface area contributed by atoms with Crippen molar-refractivity contribution in [1.82, 2.24) is 15.3 Å². The summed E-state index contributed by atoms with van der Waals surface area (Å²) in [4.78, 5) is 12.4. The highest BCUT2D eigenvalue weighted by Crippen LogP contribution is 2.33. The van der Waals surface area contributed by atoms with Crippen LogP contribution in [0, 0.1) is 0 Å². The summed E-state index contributed by atoms with van der Waals surface area (Å²) in [5.74, 6) is 1.93. The van der Waals surface area contributed by atoms with Crippen LogP contribution in [0.25, 0.3) is 0 Å². The van der Waals surface area contributed by atoms with Crippen molar-refractivity contribution >= 4 is 11.8 Å². The van der Waals surface area contributed by atoms with Crippen molar-refractivity contribution < 1.29 is 0 Å². The summed E-state index contributed by atoms with van der Waals surface area (Å²) in [6.07, 6.45) is 9.52. The lowest BCUT2D eigenvalue weighted by atomic mass is 9.96. The Morgan fingerprint density at radius 1 is 1.16 bits per heavy atom. The second-order valence-electron chi connectivity index (χ2n) is 8.17. The summed E-state index contributed by atoms with van der Waals surface area (Å²) in [6, 6.07) is 0.176. The van der Waals surface area contributed by atoms with Gasteiger partial charge in [-0.2, -0.15) is 4.98 Å². The quantitative estimate of drug-likeness (QED) is 0.780. The summed E-state index contributed by atoms with van der Waals surface area (Å²) < 4.78 is 0. The molecule has 138 valence electrons. The van der Waals surface area contributed by atoms with Crippen LogP contribution in [-0.2, 0) is 13.0 Å². The number of anilines is 2. The van der Waals surface area contributed by atoms with Gasteiger partial charge in [0.25, 0.3) is 0 Å². The van der Waals surface area contributed by atoms with E-state index in [0.29, 0.717) is 0 Å². The van der Waals surface area contributed by atoms with E-state index in [1.165, 1.54) is 43.4 Å². The smallest absolute Gasteiger partial charge is 0.225 e. The van der Waals surface area contributed by atoms with Gasteiger partial charge in [-0.15, -0.1) is 0 Å². The number of aromatic nitrogens is 2. The predicted molar refractivity (Wildman–Crippen MR) is 102 cm³/mol. The van der Waals surface area contributed by atoms with Crippen LogP contribution in [0.4, 0.5) is 11.8 Å². The van der Waals surface area contributed by atoms with E-state index in [0.717, 1.165) is 57.2 Å². The number of nitrogens with two attached hydrogens (primary N) is 1. The van der Waals surface area contributed by atoms with Gasteiger partial charge in [-0.3, -0.25) is 0 Å². The Bertz CT molecular complexity index is 610. The number of rotatable bonds is 3. The van der Waals surface area contributed by atoms with E-state index in [1.807, 2.05) is 0 Å². The normalized spacial score (nSPS) is 30.0. The molecule has 25 heavy (non-hydrogen) atoms. The molecule has 0 spiro atoms. The Balaban J connectivity index is 1.67. The van der Waals surface area contributed by atoms with Crippen molar-refractivity contribution in [2.75, 3.05) is 29.9 Å². The topological polar surface area (TPSA) is 79.1 Å². The lowest BCUT2D eigenvalue weighted by Crippen LogP contribution is -2.48. The van der Waals surface area contributed by atoms with E-state index in [9.17, 15) is 0 Å². The molecular formula is C19H32N6. The van der Waals surface area contributed by atoms with Crippen LogP contribution in [0.3, 0.4) is 0 Å². The molecule has 0 bridgehead atoms. The van der Waals surface area contributed by atoms with Crippen LogP contribution < -0.4 is 21.3 Å². The van der Waals surface area contributed by atoms with Gasteiger partial charge >= 0.3 is 0 Å². The molecular weight excluding hydrogens is 312 g/mol. The van der Waals surface area contributed by atoms with E-state index in [2.05, 4.69) is 22.5 Å². The lowest BCUT2D eigenvalue weighted by Gasteiger charge is -2.33. The third-order valence-corrected chi connectivity index (χ3v) is 6.24. The average molecular weight is 345 g/mol. The zero-order chi connectivity index (χ0) is 17.3. The molecule has 0 amide bonds. The molecule has 6 heteroatoms. The van der Waals surface area contributed by atoms with Crippen molar-refractivity contribution in [3.8, 4) is 0 Å². The fourth-order valence-electron chi connectivity index (χ4n) is 4.53. The minimum atomic E-state index is -0.0861. The van der Waals surface area contributed by atoms with Gasteiger partial charge in [0.15, 0.2) is 0 Å². The maximum Gasteiger partial charge on any atom is 0.225 e. The van der Waals surface area contributed by atoms with Crippen molar-refractivity contribution in [3.63, 3.8) is 0 Å². The van der Waals surface area contributed by atoms with Crippen LogP contribution in [0.1, 0.15) is 63.1 Å². The van der Waals surface area contributed by atoms with Gasteiger partial charge in [0.05, 0.1) is 11.2 Å². The van der Waals surface area contributed by atoms with E-state index in [1.54, 1.807) is 0 Å². The number of nitrogens with zero attached hydrogens (tertiary/aromatic N) is 3. The van der Waals surface area contributed by atoms with Gasteiger partial charge in [-0.25, -0.2) is 4.98 Å². The molecule has 2 unspecified atom stereocenters. The molecule has 1 saturated heterocycles. The van der Waals surface area contributed by atoms with Crippen LogP contribution in [-0.4, -0.2) is 41.2 Å². The zero-order valence-electron chi connectivity index (χ0n) is 15.5. The van der Waals surface area contributed by atoms with E-state index in [4.69, 9.17) is 15.7 Å². The number of nitrogens with one attached hydrogen (secondary N) is 2. The van der Waals surface area contributed by atoms with Gasteiger partial charge in [0.2, 0.25) is 5.95 Å². The molecule has 2 fully saturated rings. The first kappa shape index (κ1) is 17.0. The van der Waals surface area contributed by atoms with E-state index >= 15 is 0 Å². The van der Waals surface area contributed by atoms with Crippen molar-refractivity contribution in [2.24, 2.45) is 5.73 Å². The summed E-state index contributed by atoms with van der Waals surface area (Å²) in [6.45, 7) is 6.33. The van der Waals surface area contributed by atoms with Crippen molar-refractivity contribution in [3.05, 3.63) is 11.3 Å². The molecule has 2 aliphatic heterocycles. The van der Waals surface area contributed by atoms with Gasteiger partial charge in [0, 0.05) is 44.2 Å². The number of hydrogen-bond donors (Lipinski definition) is 3. The summed E-state index contributed by atoms with van der Waals surface area (Å²) in [7, 11) is 0. The highest BCUT2D eigenvalue weighted by molar-refractivity contribution is 5.54. The molecule has 1 aromatic rings. The first-order valence-corrected chi connectivity index (χ1v) is 10.0. The Morgan fingerprint density at radius 3 is 2.68 bits per heavy atom. The molecule has 6 nitrogen and oxygen atoms in total. The standard InChI is InChI=1S/C19H32N6/c1-19(9-6-7-16(19)20)24-18-22-15-8-10-21-13-14(15)17(23-18)25-11-4-2-3-5-12-25/h16,21H,2-13,20H2,1H3,(H,22,23,24). The van der Waals surface area contributed by atoms with Crippen LogP contribution in [0.15, 0.2) is 0 Å². The van der Waals surface area contributed by atoms with E-state index < -0.39 is 0 Å². The van der Waals surface area contributed by atoms with Crippen LogP contribution in [0.2, 0.25) is 0 Å². The molecule has 2 atom stereocenters. The van der Waals surface area contributed by atoms with E-state index in [-0.39, 0.29) is 11.6 Å². The SMILES string of the molecule is CC1(Nc2nc3c(c(N4CCCCCC4)n2)CNCC3)CCCC1N. The molecule has 1 aliphatic carbocycles. The molecule has 3 aliphatic rings. The van der Waals surface area contributed by atoms with Crippen molar-refractivity contribution in [1.29, 1.82) is 0 Å². The minimum Gasteiger partial charge on any atom is -0.356 e. The second kappa shape index (κ2) is 7.08. The highest BCUT2D eigenvalue weighted by atomic mass is 15.3.